The fourth-order valence-corrected chi connectivity index (χ4v) is 5.73. The van der Waals surface area contributed by atoms with E-state index in [2.05, 4.69) is 4.98 Å². The lowest BCUT2D eigenvalue weighted by Gasteiger charge is -2.39. The smallest absolute Gasteiger partial charge is 0.433 e. The monoisotopic (exact) mass is 767 g/mol. The Labute approximate surface area is 303 Å². The Kier molecular flexibility index (Phi) is 16.6. The first-order valence-electron chi connectivity index (χ1n) is 17.0. The molecule has 1 aromatic heterocycles. The van der Waals surface area contributed by atoms with Crippen molar-refractivity contribution in [2.75, 3.05) is 39.6 Å². The van der Waals surface area contributed by atoms with E-state index in [1.807, 2.05) is 0 Å². The molecule has 2 aliphatic rings. The standard InChI is InChI=1S/C34H48F3NO15/c1-18-30(51-15-19-7-3-2-4-8-19)20(16-47-9-5-11-49-32-28(45)26(43)24(41)22(13-39)52-32)21(31(38-18)34(35,36)37)17-48-10-6-12-50-33-29(46)27(44)25(42)23(14-40)53-33/h2-4,7-8,22-29,32-33,39-46H,5-6,9-17H2,1H3/t22-,23-,24-,25-,26+,27+,28-,29-,32-,33-/m1/s1. The molecule has 16 nitrogen and oxygen atoms in total. The summed E-state index contributed by atoms with van der Waals surface area (Å²) in [6, 6.07) is 8.95. The summed E-state index contributed by atoms with van der Waals surface area (Å²) in [5, 5.41) is 78.8. The Balaban J connectivity index is 1.41. The van der Waals surface area contributed by atoms with Crippen LogP contribution in [0.4, 0.5) is 13.2 Å². The molecule has 2 saturated heterocycles. The third-order valence-electron chi connectivity index (χ3n) is 8.65. The van der Waals surface area contributed by atoms with E-state index >= 15 is 0 Å². The molecule has 3 heterocycles. The minimum Gasteiger partial charge on any atom is -0.487 e. The molecule has 0 spiro atoms. The predicted octanol–water partition coefficient (Wildman–Crippen LogP) is -0.566. The molecular formula is C34H48F3NO15. The van der Waals surface area contributed by atoms with E-state index in [1.165, 1.54) is 6.92 Å². The van der Waals surface area contributed by atoms with Crippen molar-refractivity contribution in [1.82, 2.24) is 4.98 Å². The van der Waals surface area contributed by atoms with Crippen LogP contribution in [0, 0.1) is 6.92 Å². The molecule has 0 bridgehead atoms. The van der Waals surface area contributed by atoms with Crippen LogP contribution in [-0.4, -0.2) is 147 Å². The van der Waals surface area contributed by atoms with Crippen LogP contribution < -0.4 is 4.74 Å². The van der Waals surface area contributed by atoms with E-state index in [0.717, 1.165) is 5.56 Å². The molecule has 4 rings (SSSR count). The van der Waals surface area contributed by atoms with Gasteiger partial charge in [-0.15, -0.1) is 0 Å². The van der Waals surface area contributed by atoms with Crippen LogP contribution in [0.15, 0.2) is 30.3 Å². The molecule has 2 aliphatic heterocycles. The largest absolute Gasteiger partial charge is 0.487 e. The molecule has 0 radical (unpaired) electrons. The van der Waals surface area contributed by atoms with E-state index in [4.69, 9.17) is 33.2 Å². The van der Waals surface area contributed by atoms with Crippen LogP contribution >= 0.6 is 0 Å². The molecule has 0 aliphatic carbocycles. The van der Waals surface area contributed by atoms with Crippen LogP contribution in [0.2, 0.25) is 0 Å². The number of halogens is 3. The maximum Gasteiger partial charge on any atom is 0.433 e. The number of aryl methyl sites for hydroxylation is 1. The van der Waals surface area contributed by atoms with Crippen molar-refractivity contribution in [1.29, 1.82) is 0 Å². The Morgan fingerprint density at radius 2 is 1.15 bits per heavy atom. The number of hydrogen-bond acceptors (Lipinski definition) is 16. The second-order valence-corrected chi connectivity index (χ2v) is 12.6. The van der Waals surface area contributed by atoms with Crippen molar-refractivity contribution < 1.29 is 87.2 Å². The lowest BCUT2D eigenvalue weighted by molar-refractivity contribution is -0.301. The molecule has 0 unspecified atom stereocenters. The van der Waals surface area contributed by atoms with Gasteiger partial charge in [0.2, 0.25) is 0 Å². The Morgan fingerprint density at radius 1 is 0.660 bits per heavy atom. The van der Waals surface area contributed by atoms with E-state index in [1.54, 1.807) is 30.3 Å². The zero-order valence-electron chi connectivity index (χ0n) is 29.0. The molecule has 1 aromatic carbocycles. The Bertz CT molecular complexity index is 1390. The SMILES string of the molecule is Cc1nc(C(F)(F)F)c(COCCCO[C@@H]2O[C@H](CO)[C@@H](O)[C@H](O)[C@H]2O)c(COCCCO[C@@H]2O[C@H](CO)[C@@H](O)[C@H](O)[C@H]2O)c1OCc1ccccc1. The van der Waals surface area contributed by atoms with Gasteiger partial charge in [0.25, 0.3) is 0 Å². The number of pyridine rings is 1. The Morgan fingerprint density at radius 3 is 1.62 bits per heavy atom. The van der Waals surface area contributed by atoms with Gasteiger partial charge in [0, 0.05) is 24.3 Å². The summed E-state index contributed by atoms with van der Waals surface area (Å²) in [6.07, 6.45) is -19.2. The van der Waals surface area contributed by atoms with Crippen LogP contribution in [0.25, 0.3) is 0 Å². The van der Waals surface area contributed by atoms with Crippen molar-refractivity contribution in [3.8, 4) is 5.75 Å². The maximum absolute atomic E-state index is 14.4. The summed E-state index contributed by atoms with van der Waals surface area (Å²) in [5.74, 6) is 0.0731. The van der Waals surface area contributed by atoms with Gasteiger partial charge in [-0.2, -0.15) is 13.2 Å². The zero-order chi connectivity index (χ0) is 38.7. The quantitative estimate of drug-likeness (QED) is 0.0836. The summed E-state index contributed by atoms with van der Waals surface area (Å²) in [5.41, 5.74) is -0.744. The number of benzene rings is 1. The first-order chi connectivity index (χ1) is 25.3. The summed E-state index contributed by atoms with van der Waals surface area (Å²) < 4.78 is 82.0. The van der Waals surface area contributed by atoms with Gasteiger partial charge in [-0.1, -0.05) is 30.3 Å². The van der Waals surface area contributed by atoms with Gasteiger partial charge in [0.05, 0.1) is 45.3 Å². The molecule has 53 heavy (non-hydrogen) atoms. The average Bonchev–Trinajstić information content (AvgIpc) is 3.14. The number of aliphatic hydroxyl groups is 8. The first-order valence-corrected chi connectivity index (χ1v) is 17.0. The van der Waals surface area contributed by atoms with E-state index in [9.17, 15) is 54.0 Å². The highest BCUT2D eigenvalue weighted by atomic mass is 19.4. The molecule has 2 aromatic rings. The molecule has 0 saturated carbocycles. The summed E-state index contributed by atoms with van der Waals surface area (Å²) >= 11 is 0. The number of aromatic nitrogens is 1. The Hall–Kier alpha value is -2.60. The number of nitrogens with zero attached hydrogens (tertiary/aromatic N) is 1. The van der Waals surface area contributed by atoms with Gasteiger partial charge in [0.15, 0.2) is 18.3 Å². The number of ether oxygens (including phenoxy) is 7. The van der Waals surface area contributed by atoms with Crippen LogP contribution in [0.5, 0.6) is 5.75 Å². The van der Waals surface area contributed by atoms with E-state index in [0.29, 0.717) is 0 Å². The van der Waals surface area contributed by atoms with Gasteiger partial charge in [0.1, 0.15) is 61.2 Å². The van der Waals surface area contributed by atoms with Gasteiger partial charge in [-0.3, -0.25) is 0 Å². The second kappa shape index (κ2) is 20.4. The summed E-state index contributed by atoms with van der Waals surface area (Å²) in [4.78, 5) is 3.84. The maximum atomic E-state index is 14.4. The minimum atomic E-state index is -4.87. The normalized spacial score (nSPS) is 29.4. The van der Waals surface area contributed by atoms with Crippen molar-refractivity contribution in [2.45, 2.75) is 107 Å². The van der Waals surface area contributed by atoms with E-state index in [-0.39, 0.29) is 75.1 Å². The fourth-order valence-electron chi connectivity index (χ4n) is 5.73. The fraction of sp³-hybridized carbons (Fsp3) is 0.676. The van der Waals surface area contributed by atoms with Crippen LogP contribution in [-0.2, 0) is 54.4 Å². The molecule has 8 N–H and O–H groups in total. The van der Waals surface area contributed by atoms with Crippen molar-refractivity contribution >= 4 is 0 Å². The highest BCUT2D eigenvalue weighted by Gasteiger charge is 2.45. The van der Waals surface area contributed by atoms with Gasteiger partial charge < -0.3 is 74.0 Å². The van der Waals surface area contributed by atoms with Crippen molar-refractivity contribution in [2.24, 2.45) is 0 Å². The highest BCUT2D eigenvalue weighted by Crippen LogP contribution is 2.38. The minimum absolute atomic E-state index is 0.0181. The van der Waals surface area contributed by atoms with Crippen LogP contribution in [0.1, 0.15) is 40.9 Å². The van der Waals surface area contributed by atoms with Crippen LogP contribution in [0.3, 0.4) is 0 Å². The number of aliphatic hydroxyl groups excluding tert-OH is 8. The number of hydrogen-bond donors (Lipinski definition) is 8. The second-order valence-electron chi connectivity index (χ2n) is 12.6. The molecule has 10 atom stereocenters. The van der Waals surface area contributed by atoms with Gasteiger partial charge >= 0.3 is 6.18 Å². The van der Waals surface area contributed by atoms with Gasteiger partial charge in [-0.05, 0) is 25.3 Å². The summed E-state index contributed by atoms with van der Waals surface area (Å²) in [7, 11) is 0. The average molecular weight is 768 g/mol. The predicted molar refractivity (Wildman–Crippen MR) is 173 cm³/mol. The molecule has 0 amide bonds. The molecule has 300 valence electrons. The van der Waals surface area contributed by atoms with Gasteiger partial charge in [-0.25, -0.2) is 4.98 Å². The summed E-state index contributed by atoms with van der Waals surface area (Å²) in [6.45, 7) is -1.12. The number of rotatable bonds is 19. The number of alkyl halides is 3. The lowest BCUT2D eigenvalue weighted by Crippen LogP contribution is -2.59. The lowest BCUT2D eigenvalue weighted by atomic mass is 9.99. The molecule has 19 heteroatoms. The third-order valence-corrected chi connectivity index (χ3v) is 8.65. The van der Waals surface area contributed by atoms with Crippen molar-refractivity contribution in [3.63, 3.8) is 0 Å². The topological polar surface area (TPSA) is 239 Å². The zero-order valence-corrected chi connectivity index (χ0v) is 29.0. The third kappa shape index (κ3) is 11.5. The van der Waals surface area contributed by atoms with E-state index < -0.39 is 93.1 Å². The van der Waals surface area contributed by atoms with Crippen molar-refractivity contribution in [3.05, 3.63) is 58.4 Å². The molecular weight excluding hydrogens is 719 g/mol. The first kappa shape index (κ1) is 43.1. The molecule has 2 fully saturated rings. The highest BCUT2D eigenvalue weighted by molar-refractivity contribution is 5.46.